The lowest BCUT2D eigenvalue weighted by molar-refractivity contribution is 0.338. The molecule has 2 aromatic rings. The third-order valence-corrected chi connectivity index (χ3v) is 3.43. The van der Waals surface area contributed by atoms with Gasteiger partial charge < -0.3 is 14.6 Å². The Morgan fingerprint density at radius 1 is 1.10 bits per heavy atom. The Bertz CT molecular complexity index is 559. The van der Waals surface area contributed by atoms with Gasteiger partial charge in [0.15, 0.2) is 11.5 Å². The Morgan fingerprint density at radius 3 is 2.24 bits per heavy atom. The first-order valence-electron chi connectivity index (χ1n) is 6.96. The highest BCUT2D eigenvalue weighted by Crippen LogP contribution is 2.37. The molecule has 4 nitrogen and oxygen atoms in total. The molecule has 1 unspecified atom stereocenters. The first-order chi connectivity index (χ1) is 10.1. The van der Waals surface area contributed by atoms with Crippen molar-refractivity contribution < 1.29 is 14.6 Å². The largest absolute Gasteiger partial charge is 0.502 e. The lowest BCUT2D eigenvalue weighted by atomic mass is 9.94. The number of phenolic OH excluding ortho intramolecular Hbond substituents is 1. The lowest BCUT2D eigenvalue weighted by Crippen LogP contribution is -2.05. The minimum atomic E-state index is 0.0451. The molecule has 0 aliphatic rings. The number of nitrogens with zero attached hydrogens (tertiary/aromatic N) is 1. The highest BCUT2D eigenvalue weighted by molar-refractivity contribution is 5.52. The Kier molecular flexibility index (Phi) is 5.04. The summed E-state index contributed by atoms with van der Waals surface area (Å²) in [6.07, 6.45) is 5.51. The number of benzene rings is 1. The number of phenols is 1. The van der Waals surface area contributed by atoms with E-state index >= 15 is 0 Å². The number of pyridine rings is 1. The molecule has 0 fully saturated rings. The van der Waals surface area contributed by atoms with Crippen LogP contribution in [0.2, 0.25) is 0 Å². The van der Waals surface area contributed by atoms with Gasteiger partial charge in [-0.1, -0.05) is 13.0 Å². The number of hydrogen-bond donors (Lipinski definition) is 1. The van der Waals surface area contributed by atoms with Crippen LogP contribution in [0.1, 0.15) is 18.1 Å². The number of ether oxygens (including phenoxy) is 2. The molecule has 2 rings (SSSR count). The highest BCUT2D eigenvalue weighted by Gasteiger charge is 2.13. The van der Waals surface area contributed by atoms with E-state index in [9.17, 15) is 5.11 Å². The lowest BCUT2D eigenvalue weighted by Gasteiger charge is -2.15. The number of methoxy groups -OCH3 is 2. The van der Waals surface area contributed by atoms with Crippen LogP contribution < -0.4 is 9.47 Å². The van der Waals surface area contributed by atoms with Gasteiger partial charge >= 0.3 is 0 Å². The maximum Gasteiger partial charge on any atom is 0.200 e. The van der Waals surface area contributed by atoms with Crippen molar-refractivity contribution in [1.29, 1.82) is 0 Å². The van der Waals surface area contributed by atoms with E-state index in [-0.39, 0.29) is 5.75 Å². The molecule has 0 spiro atoms. The molecule has 112 valence electrons. The zero-order valence-electron chi connectivity index (χ0n) is 12.7. The van der Waals surface area contributed by atoms with Gasteiger partial charge in [0.1, 0.15) is 0 Å². The summed E-state index contributed by atoms with van der Waals surface area (Å²) in [4.78, 5) is 4.14. The molecular weight excluding hydrogens is 266 g/mol. The molecule has 0 saturated carbocycles. The maximum atomic E-state index is 9.92. The third-order valence-electron chi connectivity index (χ3n) is 3.43. The molecule has 0 bridgehead atoms. The Balaban J connectivity index is 2.11. The van der Waals surface area contributed by atoms with E-state index in [0.717, 1.165) is 18.4 Å². The SMILES string of the molecule is COc1cc(CC(C)Cc2cccnc2)cc(OC)c1O. The van der Waals surface area contributed by atoms with Crippen molar-refractivity contribution >= 4 is 0 Å². The molecule has 0 radical (unpaired) electrons. The first-order valence-corrected chi connectivity index (χ1v) is 6.96. The van der Waals surface area contributed by atoms with Gasteiger partial charge in [0.05, 0.1) is 14.2 Å². The van der Waals surface area contributed by atoms with Crippen molar-refractivity contribution in [1.82, 2.24) is 4.98 Å². The summed E-state index contributed by atoms with van der Waals surface area (Å²) in [5.41, 5.74) is 2.31. The zero-order valence-corrected chi connectivity index (χ0v) is 12.7. The molecule has 0 aliphatic heterocycles. The van der Waals surface area contributed by atoms with Crippen LogP contribution in [0.5, 0.6) is 17.2 Å². The Hall–Kier alpha value is -2.23. The molecule has 0 amide bonds. The molecule has 1 N–H and O–H groups in total. The number of rotatable bonds is 6. The smallest absolute Gasteiger partial charge is 0.200 e. The van der Waals surface area contributed by atoms with Crippen molar-refractivity contribution in [2.75, 3.05) is 14.2 Å². The summed E-state index contributed by atoms with van der Waals surface area (Å²) < 4.78 is 10.4. The fourth-order valence-electron chi connectivity index (χ4n) is 2.46. The average molecular weight is 287 g/mol. The topological polar surface area (TPSA) is 51.6 Å². The molecular formula is C17H21NO3. The number of aromatic hydroxyl groups is 1. The van der Waals surface area contributed by atoms with Crippen LogP contribution in [0.3, 0.4) is 0 Å². The van der Waals surface area contributed by atoms with Gasteiger partial charge in [-0.05, 0) is 48.1 Å². The van der Waals surface area contributed by atoms with Gasteiger partial charge in [-0.3, -0.25) is 4.98 Å². The number of aromatic nitrogens is 1. The van der Waals surface area contributed by atoms with Crippen LogP contribution in [0.25, 0.3) is 0 Å². The minimum absolute atomic E-state index is 0.0451. The Morgan fingerprint density at radius 2 is 1.71 bits per heavy atom. The van der Waals surface area contributed by atoms with E-state index in [1.165, 1.54) is 19.8 Å². The molecule has 0 aliphatic carbocycles. The van der Waals surface area contributed by atoms with Crippen LogP contribution >= 0.6 is 0 Å². The second-order valence-electron chi connectivity index (χ2n) is 5.22. The average Bonchev–Trinajstić information content (AvgIpc) is 2.49. The zero-order chi connectivity index (χ0) is 15.2. The minimum Gasteiger partial charge on any atom is -0.502 e. The van der Waals surface area contributed by atoms with Gasteiger partial charge in [-0.25, -0.2) is 0 Å². The fourth-order valence-corrected chi connectivity index (χ4v) is 2.46. The van der Waals surface area contributed by atoms with E-state index in [0.29, 0.717) is 17.4 Å². The van der Waals surface area contributed by atoms with E-state index in [2.05, 4.69) is 18.0 Å². The molecule has 1 aromatic carbocycles. The maximum absolute atomic E-state index is 9.92. The van der Waals surface area contributed by atoms with Gasteiger partial charge in [0.25, 0.3) is 0 Å². The van der Waals surface area contributed by atoms with Crippen molar-refractivity contribution in [2.45, 2.75) is 19.8 Å². The molecule has 0 saturated heterocycles. The van der Waals surface area contributed by atoms with Crippen molar-refractivity contribution in [2.24, 2.45) is 5.92 Å². The standard InChI is InChI=1S/C17H21NO3/c1-12(7-13-5-4-6-18-11-13)8-14-9-15(20-2)17(19)16(10-14)21-3/h4-6,9-12,19H,7-8H2,1-3H3. The van der Waals surface area contributed by atoms with Crippen LogP contribution in [-0.4, -0.2) is 24.3 Å². The summed E-state index contributed by atoms with van der Waals surface area (Å²) in [5, 5.41) is 9.92. The van der Waals surface area contributed by atoms with E-state index in [1.54, 1.807) is 6.20 Å². The fraction of sp³-hybridized carbons (Fsp3) is 0.353. The van der Waals surface area contributed by atoms with E-state index in [4.69, 9.17) is 9.47 Å². The molecule has 4 heteroatoms. The van der Waals surface area contributed by atoms with Crippen LogP contribution in [0.15, 0.2) is 36.7 Å². The second-order valence-corrected chi connectivity index (χ2v) is 5.22. The second kappa shape index (κ2) is 6.97. The molecule has 1 aromatic heterocycles. The molecule has 1 atom stereocenters. The van der Waals surface area contributed by atoms with Gasteiger partial charge in [-0.2, -0.15) is 0 Å². The quantitative estimate of drug-likeness (QED) is 0.886. The molecule has 1 heterocycles. The van der Waals surface area contributed by atoms with Crippen LogP contribution in [0, 0.1) is 5.92 Å². The van der Waals surface area contributed by atoms with Gasteiger partial charge in [0.2, 0.25) is 5.75 Å². The van der Waals surface area contributed by atoms with Crippen LogP contribution in [-0.2, 0) is 12.8 Å². The Labute approximate surface area is 125 Å². The van der Waals surface area contributed by atoms with Crippen LogP contribution in [0.4, 0.5) is 0 Å². The first kappa shape index (κ1) is 15.2. The summed E-state index contributed by atoms with van der Waals surface area (Å²) in [5.74, 6) is 1.38. The third kappa shape index (κ3) is 3.88. The summed E-state index contributed by atoms with van der Waals surface area (Å²) in [6.45, 7) is 2.19. The van der Waals surface area contributed by atoms with Gasteiger partial charge in [0, 0.05) is 12.4 Å². The normalized spacial score (nSPS) is 12.0. The van der Waals surface area contributed by atoms with E-state index in [1.807, 2.05) is 24.4 Å². The van der Waals surface area contributed by atoms with E-state index < -0.39 is 0 Å². The predicted octanol–water partition coefficient (Wildman–Crippen LogP) is 3.23. The summed E-state index contributed by atoms with van der Waals surface area (Å²) in [6, 6.07) is 7.76. The predicted molar refractivity (Wildman–Crippen MR) is 82.0 cm³/mol. The number of hydrogen-bond acceptors (Lipinski definition) is 4. The summed E-state index contributed by atoms with van der Waals surface area (Å²) in [7, 11) is 3.08. The van der Waals surface area contributed by atoms with Crippen molar-refractivity contribution in [3.8, 4) is 17.2 Å². The molecule has 21 heavy (non-hydrogen) atoms. The highest BCUT2D eigenvalue weighted by atomic mass is 16.5. The van der Waals surface area contributed by atoms with Crippen molar-refractivity contribution in [3.05, 3.63) is 47.8 Å². The van der Waals surface area contributed by atoms with Crippen molar-refractivity contribution in [3.63, 3.8) is 0 Å². The van der Waals surface area contributed by atoms with Gasteiger partial charge in [-0.15, -0.1) is 0 Å². The monoisotopic (exact) mass is 287 g/mol. The summed E-state index contributed by atoms with van der Waals surface area (Å²) >= 11 is 0.